The van der Waals surface area contributed by atoms with Crippen LogP contribution in [-0.4, -0.2) is 60.3 Å². The van der Waals surface area contributed by atoms with Crippen LogP contribution in [0.15, 0.2) is 0 Å². The van der Waals surface area contributed by atoms with Crippen molar-refractivity contribution in [2.24, 2.45) is 0 Å². The van der Waals surface area contributed by atoms with Crippen molar-refractivity contribution in [1.82, 2.24) is 10.2 Å². The van der Waals surface area contributed by atoms with E-state index in [0.29, 0.717) is 32.6 Å². The van der Waals surface area contributed by atoms with Crippen molar-refractivity contribution in [2.75, 3.05) is 26.8 Å². The van der Waals surface area contributed by atoms with Gasteiger partial charge in [0.05, 0.1) is 18.1 Å². The number of carbonyl (C=O) groups is 2. The number of likely N-dealkylation sites (N-methyl/N-ethyl adjacent to an activating group) is 1. The second kappa shape index (κ2) is 4.72. The Morgan fingerprint density at radius 3 is 2.65 bits per heavy atom. The Morgan fingerprint density at radius 2 is 2.12 bits per heavy atom. The first-order valence-electron chi connectivity index (χ1n) is 5.84. The molecule has 0 spiro atoms. The minimum absolute atomic E-state index is 0.182. The Bertz CT molecular complexity index is 325. The molecule has 2 N–H and O–H groups in total. The summed E-state index contributed by atoms with van der Waals surface area (Å²) in [7, 11) is 1.76. The minimum atomic E-state index is -0.807. The lowest BCUT2D eigenvalue weighted by Gasteiger charge is -2.36. The summed E-state index contributed by atoms with van der Waals surface area (Å²) in [5.41, 5.74) is -0.807. The summed E-state index contributed by atoms with van der Waals surface area (Å²) in [5, 5.41) is 12.6. The van der Waals surface area contributed by atoms with Crippen LogP contribution in [0.2, 0.25) is 0 Å². The molecule has 2 fully saturated rings. The first-order valence-corrected chi connectivity index (χ1v) is 5.84. The van der Waals surface area contributed by atoms with Crippen LogP contribution in [0.1, 0.15) is 19.3 Å². The molecule has 0 aromatic heterocycles. The summed E-state index contributed by atoms with van der Waals surface area (Å²) in [6.07, 6.45) is 1.32. The van der Waals surface area contributed by atoms with E-state index in [0.717, 1.165) is 0 Å². The number of amides is 2. The summed E-state index contributed by atoms with van der Waals surface area (Å²) in [6, 6.07) is -0.450. The van der Waals surface area contributed by atoms with Gasteiger partial charge < -0.3 is 9.84 Å². The van der Waals surface area contributed by atoms with E-state index < -0.39 is 11.6 Å². The van der Waals surface area contributed by atoms with Crippen LogP contribution < -0.4 is 5.32 Å². The lowest BCUT2D eigenvalue weighted by molar-refractivity contribution is -0.127. The maximum Gasteiger partial charge on any atom is 0.244 e. The van der Waals surface area contributed by atoms with Gasteiger partial charge in [-0.15, -0.1) is 0 Å². The summed E-state index contributed by atoms with van der Waals surface area (Å²) < 4.78 is 5.20. The summed E-state index contributed by atoms with van der Waals surface area (Å²) in [5.74, 6) is -0.515. The third-order valence-electron chi connectivity index (χ3n) is 3.44. The summed E-state index contributed by atoms with van der Waals surface area (Å²) in [6.45, 7) is 1.47. The van der Waals surface area contributed by atoms with Crippen LogP contribution in [0.25, 0.3) is 0 Å². The number of aliphatic hydroxyl groups is 1. The zero-order valence-corrected chi connectivity index (χ0v) is 9.94. The SMILES string of the molecule is CN(CC1(O)CCOCC1)C1CC(=O)NC1=O. The molecule has 2 rings (SSSR count). The van der Waals surface area contributed by atoms with E-state index >= 15 is 0 Å². The van der Waals surface area contributed by atoms with E-state index in [1.54, 1.807) is 11.9 Å². The fourth-order valence-electron chi connectivity index (χ4n) is 2.38. The molecule has 2 aliphatic rings. The van der Waals surface area contributed by atoms with Gasteiger partial charge in [-0.25, -0.2) is 0 Å². The average Bonchev–Trinajstić information content (AvgIpc) is 2.58. The van der Waals surface area contributed by atoms with Gasteiger partial charge in [-0.3, -0.25) is 19.8 Å². The van der Waals surface area contributed by atoms with Gasteiger partial charge in [0.1, 0.15) is 0 Å². The van der Waals surface area contributed by atoms with Crippen molar-refractivity contribution in [3.05, 3.63) is 0 Å². The number of carbonyl (C=O) groups excluding carboxylic acids is 2. The topological polar surface area (TPSA) is 78.9 Å². The van der Waals surface area contributed by atoms with Crippen LogP contribution in [0.3, 0.4) is 0 Å². The molecule has 2 saturated heterocycles. The molecule has 6 nitrogen and oxygen atoms in total. The molecule has 6 heteroatoms. The summed E-state index contributed by atoms with van der Waals surface area (Å²) >= 11 is 0. The van der Waals surface area contributed by atoms with Crippen molar-refractivity contribution < 1.29 is 19.4 Å². The van der Waals surface area contributed by atoms with Crippen molar-refractivity contribution in [1.29, 1.82) is 0 Å². The summed E-state index contributed by atoms with van der Waals surface area (Å²) in [4.78, 5) is 24.3. The highest BCUT2D eigenvalue weighted by Crippen LogP contribution is 2.23. The maximum absolute atomic E-state index is 11.5. The van der Waals surface area contributed by atoms with Crippen LogP contribution >= 0.6 is 0 Å². The Balaban J connectivity index is 1.94. The van der Waals surface area contributed by atoms with Crippen LogP contribution in [0.4, 0.5) is 0 Å². The number of nitrogens with zero attached hydrogens (tertiary/aromatic N) is 1. The first kappa shape index (κ1) is 12.5. The molecule has 0 radical (unpaired) electrons. The molecule has 96 valence electrons. The largest absolute Gasteiger partial charge is 0.388 e. The van der Waals surface area contributed by atoms with E-state index in [9.17, 15) is 14.7 Å². The van der Waals surface area contributed by atoms with Crippen molar-refractivity contribution in [3.8, 4) is 0 Å². The normalized spacial score (nSPS) is 28.5. The van der Waals surface area contributed by atoms with Crippen LogP contribution in [0, 0.1) is 0 Å². The van der Waals surface area contributed by atoms with Gasteiger partial charge in [0.2, 0.25) is 11.8 Å². The van der Waals surface area contributed by atoms with Crippen molar-refractivity contribution in [3.63, 3.8) is 0 Å². The minimum Gasteiger partial charge on any atom is -0.388 e. The Morgan fingerprint density at radius 1 is 1.47 bits per heavy atom. The van der Waals surface area contributed by atoms with Gasteiger partial charge in [0, 0.05) is 32.6 Å². The lowest BCUT2D eigenvalue weighted by Crippen LogP contribution is -2.50. The number of imide groups is 1. The molecule has 2 heterocycles. The molecular weight excluding hydrogens is 224 g/mol. The van der Waals surface area contributed by atoms with Gasteiger partial charge in [-0.05, 0) is 7.05 Å². The molecule has 1 atom stereocenters. The van der Waals surface area contributed by atoms with Crippen molar-refractivity contribution >= 4 is 11.8 Å². The fraction of sp³-hybridized carbons (Fsp3) is 0.818. The van der Waals surface area contributed by atoms with E-state index in [-0.39, 0.29) is 18.2 Å². The molecule has 0 saturated carbocycles. The van der Waals surface area contributed by atoms with Gasteiger partial charge in [-0.1, -0.05) is 0 Å². The molecule has 1 unspecified atom stereocenters. The Kier molecular flexibility index (Phi) is 3.46. The molecule has 0 aliphatic carbocycles. The third kappa shape index (κ3) is 2.83. The third-order valence-corrected chi connectivity index (χ3v) is 3.44. The predicted molar refractivity (Wildman–Crippen MR) is 59.2 cm³/mol. The molecule has 0 aromatic carbocycles. The fourth-order valence-corrected chi connectivity index (χ4v) is 2.38. The predicted octanol–water partition coefficient (Wildman–Crippen LogP) is -1.13. The zero-order valence-electron chi connectivity index (χ0n) is 9.94. The highest BCUT2D eigenvalue weighted by Gasteiger charge is 2.38. The highest BCUT2D eigenvalue weighted by atomic mass is 16.5. The van der Waals surface area contributed by atoms with Crippen LogP contribution in [0.5, 0.6) is 0 Å². The number of hydrogen-bond acceptors (Lipinski definition) is 5. The number of hydrogen-bond donors (Lipinski definition) is 2. The average molecular weight is 242 g/mol. The van der Waals surface area contributed by atoms with Gasteiger partial charge in [0.15, 0.2) is 0 Å². The Hall–Kier alpha value is -0.980. The quantitative estimate of drug-likeness (QED) is 0.613. The van der Waals surface area contributed by atoms with E-state index in [1.165, 1.54) is 0 Å². The maximum atomic E-state index is 11.5. The first-order chi connectivity index (χ1) is 8.00. The molecule has 17 heavy (non-hydrogen) atoms. The smallest absolute Gasteiger partial charge is 0.244 e. The molecule has 0 aromatic rings. The monoisotopic (exact) mass is 242 g/mol. The number of ether oxygens (including phenoxy) is 1. The zero-order chi connectivity index (χ0) is 12.5. The van der Waals surface area contributed by atoms with Crippen LogP contribution in [-0.2, 0) is 14.3 Å². The molecular formula is C11H18N2O4. The Labute approximate surface area is 99.9 Å². The standard InChI is InChI=1S/C11H18N2O4/c1-13(8-6-9(14)12-10(8)15)7-11(16)2-4-17-5-3-11/h8,16H,2-7H2,1H3,(H,12,14,15). The second-order valence-electron chi connectivity index (χ2n) is 4.88. The number of rotatable bonds is 3. The molecule has 2 aliphatic heterocycles. The van der Waals surface area contributed by atoms with E-state index in [1.807, 2.05) is 0 Å². The molecule has 0 bridgehead atoms. The number of nitrogens with one attached hydrogen (secondary N) is 1. The lowest BCUT2D eigenvalue weighted by atomic mass is 9.93. The van der Waals surface area contributed by atoms with Gasteiger partial charge in [-0.2, -0.15) is 0 Å². The van der Waals surface area contributed by atoms with Gasteiger partial charge in [0.25, 0.3) is 0 Å². The highest BCUT2D eigenvalue weighted by molar-refractivity contribution is 6.05. The van der Waals surface area contributed by atoms with E-state index in [2.05, 4.69) is 5.32 Å². The second-order valence-corrected chi connectivity index (χ2v) is 4.88. The van der Waals surface area contributed by atoms with Gasteiger partial charge >= 0.3 is 0 Å². The van der Waals surface area contributed by atoms with E-state index in [4.69, 9.17) is 4.74 Å². The molecule has 2 amide bonds. The van der Waals surface area contributed by atoms with Crippen molar-refractivity contribution in [2.45, 2.75) is 30.9 Å².